The molecular weight excluding hydrogens is 266 g/mol. The molecule has 0 radical (unpaired) electrons. The standard InChI is InChI=1S/C17H23NO3/c1-4-11(2)18-17(20)12(3)21-16-10-6-7-13-14(16)8-5-9-15(13)19/h6-7,10-12H,4-5,8-9H2,1-3H3,(H,18,20). The highest BCUT2D eigenvalue weighted by Gasteiger charge is 2.23. The van der Waals surface area contributed by atoms with Crippen LogP contribution in [0.4, 0.5) is 0 Å². The number of rotatable bonds is 5. The summed E-state index contributed by atoms with van der Waals surface area (Å²) in [5.41, 5.74) is 1.69. The summed E-state index contributed by atoms with van der Waals surface area (Å²) in [6.45, 7) is 5.73. The normalized spacial score (nSPS) is 16.8. The zero-order valence-electron chi connectivity index (χ0n) is 12.9. The topological polar surface area (TPSA) is 55.4 Å². The van der Waals surface area contributed by atoms with Gasteiger partial charge in [-0.25, -0.2) is 0 Å². The molecular formula is C17H23NO3. The van der Waals surface area contributed by atoms with Gasteiger partial charge < -0.3 is 10.1 Å². The first-order valence-corrected chi connectivity index (χ1v) is 7.65. The maximum atomic E-state index is 12.0. The molecule has 114 valence electrons. The van der Waals surface area contributed by atoms with Gasteiger partial charge >= 0.3 is 0 Å². The summed E-state index contributed by atoms with van der Waals surface area (Å²) < 4.78 is 5.80. The average molecular weight is 289 g/mol. The predicted molar refractivity (Wildman–Crippen MR) is 81.7 cm³/mol. The van der Waals surface area contributed by atoms with Crippen LogP contribution in [0.5, 0.6) is 5.75 Å². The molecule has 1 aromatic carbocycles. The van der Waals surface area contributed by atoms with Gasteiger partial charge in [-0.3, -0.25) is 9.59 Å². The van der Waals surface area contributed by atoms with E-state index >= 15 is 0 Å². The van der Waals surface area contributed by atoms with Gasteiger partial charge in [0.05, 0.1) is 0 Å². The van der Waals surface area contributed by atoms with Crippen LogP contribution in [0, 0.1) is 0 Å². The fourth-order valence-corrected chi connectivity index (χ4v) is 2.46. The van der Waals surface area contributed by atoms with E-state index in [1.165, 1.54) is 0 Å². The van der Waals surface area contributed by atoms with Crippen LogP contribution in [-0.2, 0) is 11.2 Å². The Bertz CT molecular complexity index is 539. The molecule has 0 aliphatic heterocycles. The van der Waals surface area contributed by atoms with Gasteiger partial charge in [-0.2, -0.15) is 0 Å². The summed E-state index contributed by atoms with van der Waals surface area (Å²) in [5.74, 6) is 0.704. The molecule has 4 heteroatoms. The molecule has 2 atom stereocenters. The third-order valence-electron chi connectivity index (χ3n) is 3.94. The van der Waals surface area contributed by atoms with Crippen LogP contribution in [0.3, 0.4) is 0 Å². The van der Waals surface area contributed by atoms with Crippen molar-refractivity contribution in [3.8, 4) is 5.75 Å². The number of ketones is 1. The fraction of sp³-hybridized carbons (Fsp3) is 0.529. The molecule has 21 heavy (non-hydrogen) atoms. The van der Waals surface area contributed by atoms with Crippen LogP contribution in [0.15, 0.2) is 18.2 Å². The number of amides is 1. The van der Waals surface area contributed by atoms with Crippen LogP contribution >= 0.6 is 0 Å². The third kappa shape index (κ3) is 3.63. The van der Waals surface area contributed by atoms with Crippen LogP contribution in [0.25, 0.3) is 0 Å². The molecule has 1 aliphatic carbocycles. The van der Waals surface area contributed by atoms with E-state index in [9.17, 15) is 9.59 Å². The Morgan fingerprint density at radius 3 is 2.81 bits per heavy atom. The van der Waals surface area contributed by atoms with E-state index in [4.69, 9.17) is 4.74 Å². The maximum absolute atomic E-state index is 12.0. The number of hydrogen-bond donors (Lipinski definition) is 1. The summed E-state index contributed by atoms with van der Waals surface area (Å²) in [7, 11) is 0. The fourth-order valence-electron chi connectivity index (χ4n) is 2.46. The number of benzene rings is 1. The quantitative estimate of drug-likeness (QED) is 0.906. The summed E-state index contributed by atoms with van der Waals surface area (Å²) >= 11 is 0. The molecule has 1 aromatic rings. The summed E-state index contributed by atoms with van der Waals surface area (Å²) in [5, 5.41) is 2.91. The van der Waals surface area contributed by atoms with Crippen LogP contribution in [0.2, 0.25) is 0 Å². The van der Waals surface area contributed by atoms with Crippen molar-refractivity contribution in [2.24, 2.45) is 0 Å². The molecule has 0 bridgehead atoms. The second-order valence-electron chi connectivity index (χ2n) is 5.64. The van der Waals surface area contributed by atoms with Crippen molar-refractivity contribution in [1.29, 1.82) is 0 Å². The zero-order chi connectivity index (χ0) is 15.4. The smallest absolute Gasteiger partial charge is 0.260 e. The second-order valence-corrected chi connectivity index (χ2v) is 5.64. The first-order chi connectivity index (χ1) is 10.0. The van der Waals surface area contributed by atoms with Crippen molar-refractivity contribution >= 4 is 11.7 Å². The van der Waals surface area contributed by atoms with Gasteiger partial charge in [0.2, 0.25) is 0 Å². The Balaban J connectivity index is 2.11. The maximum Gasteiger partial charge on any atom is 0.260 e. The number of fused-ring (bicyclic) bond motifs is 1. The lowest BCUT2D eigenvalue weighted by Crippen LogP contribution is -2.41. The molecule has 2 rings (SSSR count). The van der Waals surface area contributed by atoms with E-state index in [-0.39, 0.29) is 17.7 Å². The van der Waals surface area contributed by atoms with Crippen LogP contribution in [0.1, 0.15) is 56.0 Å². The molecule has 0 spiro atoms. The van der Waals surface area contributed by atoms with E-state index in [0.717, 1.165) is 30.4 Å². The minimum atomic E-state index is -0.567. The van der Waals surface area contributed by atoms with E-state index in [1.54, 1.807) is 6.92 Å². The van der Waals surface area contributed by atoms with Gasteiger partial charge in [0, 0.05) is 23.6 Å². The Hall–Kier alpha value is -1.84. The van der Waals surface area contributed by atoms with Crippen LogP contribution < -0.4 is 10.1 Å². The first kappa shape index (κ1) is 15.5. The van der Waals surface area contributed by atoms with Gasteiger partial charge in [0.25, 0.3) is 5.91 Å². The molecule has 0 saturated carbocycles. The second kappa shape index (κ2) is 6.74. The van der Waals surface area contributed by atoms with E-state index < -0.39 is 6.10 Å². The SMILES string of the molecule is CCC(C)NC(=O)C(C)Oc1cccc2c1CCCC2=O. The number of carbonyl (C=O) groups excluding carboxylic acids is 2. The molecule has 0 saturated heterocycles. The molecule has 0 aromatic heterocycles. The van der Waals surface area contributed by atoms with Crippen LogP contribution in [-0.4, -0.2) is 23.8 Å². The lowest BCUT2D eigenvalue weighted by Gasteiger charge is -2.22. The molecule has 0 fully saturated rings. The molecule has 0 heterocycles. The lowest BCUT2D eigenvalue weighted by molar-refractivity contribution is -0.127. The molecule has 1 amide bonds. The largest absolute Gasteiger partial charge is 0.481 e. The number of ether oxygens (including phenoxy) is 1. The molecule has 4 nitrogen and oxygen atoms in total. The van der Waals surface area contributed by atoms with Gasteiger partial charge in [0.1, 0.15) is 5.75 Å². The molecule has 1 aliphatic rings. The number of nitrogens with one attached hydrogen (secondary N) is 1. The third-order valence-corrected chi connectivity index (χ3v) is 3.94. The highest BCUT2D eigenvalue weighted by Crippen LogP contribution is 2.30. The minimum Gasteiger partial charge on any atom is -0.481 e. The molecule has 2 unspecified atom stereocenters. The van der Waals surface area contributed by atoms with Crippen molar-refractivity contribution in [1.82, 2.24) is 5.32 Å². The number of hydrogen-bond acceptors (Lipinski definition) is 3. The van der Waals surface area contributed by atoms with Crippen molar-refractivity contribution in [2.45, 2.75) is 58.6 Å². The predicted octanol–water partition coefficient (Wildman–Crippen LogP) is 2.89. The zero-order valence-corrected chi connectivity index (χ0v) is 12.9. The Morgan fingerprint density at radius 2 is 2.10 bits per heavy atom. The lowest BCUT2D eigenvalue weighted by atomic mass is 9.90. The monoisotopic (exact) mass is 289 g/mol. The first-order valence-electron chi connectivity index (χ1n) is 7.65. The van der Waals surface area contributed by atoms with Gasteiger partial charge in [-0.15, -0.1) is 0 Å². The van der Waals surface area contributed by atoms with Crippen molar-refractivity contribution in [2.75, 3.05) is 0 Å². The van der Waals surface area contributed by atoms with Crippen molar-refractivity contribution in [3.63, 3.8) is 0 Å². The van der Waals surface area contributed by atoms with Gasteiger partial charge in [0.15, 0.2) is 11.9 Å². The number of Topliss-reactive ketones (excluding diaryl/α,β-unsaturated/α-hetero) is 1. The highest BCUT2D eigenvalue weighted by molar-refractivity contribution is 5.99. The number of carbonyl (C=O) groups is 2. The van der Waals surface area contributed by atoms with Gasteiger partial charge in [-0.1, -0.05) is 19.1 Å². The van der Waals surface area contributed by atoms with Gasteiger partial charge in [-0.05, 0) is 39.2 Å². The summed E-state index contributed by atoms with van der Waals surface area (Å²) in [4.78, 5) is 24.0. The highest BCUT2D eigenvalue weighted by atomic mass is 16.5. The van der Waals surface area contributed by atoms with Crippen molar-refractivity contribution < 1.29 is 14.3 Å². The molecule has 1 N–H and O–H groups in total. The summed E-state index contributed by atoms with van der Waals surface area (Å²) in [6.07, 6.45) is 2.59. The van der Waals surface area contributed by atoms with E-state index in [1.807, 2.05) is 32.0 Å². The van der Waals surface area contributed by atoms with E-state index in [0.29, 0.717) is 12.2 Å². The Morgan fingerprint density at radius 1 is 1.33 bits per heavy atom. The Kier molecular flexibility index (Phi) is 4.99. The van der Waals surface area contributed by atoms with Crippen molar-refractivity contribution in [3.05, 3.63) is 29.3 Å². The summed E-state index contributed by atoms with van der Waals surface area (Å²) in [6, 6.07) is 5.63. The van der Waals surface area contributed by atoms with E-state index in [2.05, 4.69) is 5.32 Å². The Labute approximate surface area is 125 Å². The average Bonchev–Trinajstić information content (AvgIpc) is 2.48. The minimum absolute atomic E-state index is 0.121.